The third-order valence-electron chi connectivity index (χ3n) is 4.11. The Bertz CT molecular complexity index is 557. The molecule has 0 saturated carbocycles. The Labute approximate surface area is 128 Å². The molecule has 0 radical (unpaired) electrons. The monoisotopic (exact) mass is 313 g/mol. The third-order valence-corrected chi connectivity index (χ3v) is 4.29. The van der Waals surface area contributed by atoms with E-state index in [-0.39, 0.29) is 17.6 Å². The maximum absolute atomic E-state index is 12.8. The predicted molar refractivity (Wildman–Crippen MR) is 80.2 cm³/mol. The van der Waals surface area contributed by atoms with Crippen LogP contribution in [0.25, 0.3) is 0 Å². The normalized spacial score (nSPS) is 24.3. The zero-order valence-electron chi connectivity index (χ0n) is 12.1. The van der Waals surface area contributed by atoms with E-state index in [1.54, 1.807) is 10.8 Å². The van der Waals surface area contributed by atoms with Gasteiger partial charge in [-0.05, 0) is 19.8 Å². The fourth-order valence-corrected chi connectivity index (χ4v) is 3.12. The quantitative estimate of drug-likeness (QED) is 0.827. The van der Waals surface area contributed by atoms with Crippen molar-refractivity contribution in [2.75, 3.05) is 37.9 Å². The van der Waals surface area contributed by atoms with Gasteiger partial charge in [-0.2, -0.15) is 0 Å². The molecular formula is C14H20ClN3O3. The van der Waals surface area contributed by atoms with Crippen LogP contribution >= 0.6 is 11.6 Å². The minimum atomic E-state index is -0.0694. The molecule has 2 aliphatic rings. The highest BCUT2D eigenvalue weighted by atomic mass is 35.5. The van der Waals surface area contributed by atoms with E-state index in [4.69, 9.17) is 21.1 Å². The lowest BCUT2D eigenvalue weighted by Gasteiger charge is -2.34. The zero-order valence-corrected chi connectivity index (χ0v) is 12.9. The van der Waals surface area contributed by atoms with Crippen LogP contribution < -0.4 is 10.5 Å². The van der Waals surface area contributed by atoms with Crippen LogP contribution in [0.2, 0.25) is 5.15 Å². The van der Waals surface area contributed by atoms with E-state index in [9.17, 15) is 4.79 Å². The molecule has 0 aromatic carbocycles. The van der Waals surface area contributed by atoms with Crippen molar-refractivity contribution in [2.45, 2.75) is 31.8 Å². The van der Waals surface area contributed by atoms with Gasteiger partial charge in [0.2, 0.25) is 0 Å². The number of hydrogen-bond donors (Lipinski definition) is 0. The van der Waals surface area contributed by atoms with Crippen molar-refractivity contribution < 1.29 is 9.47 Å². The average Bonchev–Trinajstić information content (AvgIpc) is 2.51. The minimum absolute atomic E-state index is 0.0694. The number of rotatable bonds is 2. The molecule has 6 nitrogen and oxygen atoms in total. The fraction of sp³-hybridized carbons (Fsp3) is 0.714. The van der Waals surface area contributed by atoms with E-state index < -0.39 is 0 Å². The molecule has 0 amide bonds. The molecule has 116 valence electrons. The minimum Gasteiger partial charge on any atom is -0.381 e. The standard InChI is InChI=1S/C14H20ClN3O3/c1-10-9-21-7-4-17(10)13-14(19)18(8-12(15)16-13)11-2-5-20-6-3-11/h8,10-11H,2-7,9H2,1H3/t10-/m1/s1. The molecule has 0 unspecified atom stereocenters. The van der Waals surface area contributed by atoms with Gasteiger partial charge in [-0.25, -0.2) is 4.98 Å². The van der Waals surface area contributed by atoms with Gasteiger partial charge in [0.25, 0.3) is 5.56 Å². The summed E-state index contributed by atoms with van der Waals surface area (Å²) < 4.78 is 12.5. The van der Waals surface area contributed by atoms with Gasteiger partial charge < -0.3 is 18.9 Å². The second-order valence-corrected chi connectivity index (χ2v) is 5.95. The van der Waals surface area contributed by atoms with Gasteiger partial charge in [-0.1, -0.05) is 11.6 Å². The van der Waals surface area contributed by atoms with E-state index in [1.165, 1.54) is 0 Å². The van der Waals surface area contributed by atoms with Crippen molar-refractivity contribution >= 4 is 17.4 Å². The summed E-state index contributed by atoms with van der Waals surface area (Å²) in [6, 6.07) is 0.266. The molecule has 0 bridgehead atoms. The number of ether oxygens (including phenoxy) is 2. The van der Waals surface area contributed by atoms with Gasteiger partial charge >= 0.3 is 0 Å². The zero-order chi connectivity index (χ0) is 14.8. The van der Waals surface area contributed by atoms with Crippen molar-refractivity contribution in [1.82, 2.24) is 9.55 Å². The summed E-state index contributed by atoms with van der Waals surface area (Å²) in [6.07, 6.45) is 3.31. The molecule has 2 saturated heterocycles. The number of aromatic nitrogens is 2. The van der Waals surface area contributed by atoms with Crippen LogP contribution in [0.1, 0.15) is 25.8 Å². The molecule has 0 spiro atoms. The number of halogens is 1. The van der Waals surface area contributed by atoms with Gasteiger partial charge in [0.15, 0.2) is 5.82 Å². The summed E-state index contributed by atoms with van der Waals surface area (Å²) in [5, 5.41) is 0.356. The summed E-state index contributed by atoms with van der Waals surface area (Å²) in [4.78, 5) is 19.1. The van der Waals surface area contributed by atoms with Crippen LogP contribution in [0, 0.1) is 0 Å². The summed E-state index contributed by atoms with van der Waals surface area (Å²) in [7, 11) is 0. The Hall–Kier alpha value is -1.11. The SMILES string of the molecule is C[C@@H]1COCCN1c1nc(Cl)cn(C2CCOCC2)c1=O. The molecule has 1 aromatic rings. The van der Waals surface area contributed by atoms with E-state index in [1.807, 2.05) is 11.8 Å². The molecule has 2 aliphatic heterocycles. The molecule has 7 heteroatoms. The number of anilines is 1. The van der Waals surface area contributed by atoms with Crippen LogP contribution in [0.15, 0.2) is 11.0 Å². The van der Waals surface area contributed by atoms with Gasteiger partial charge in [-0.3, -0.25) is 4.79 Å². The Morgan fingerprint density at radius 1 is 1.29 bits per heavy atom. The van der Waals surface area contributed by atoms with Crippen LogP contribution in [0.3, 0.4) is 0 Å². The summed E-state index contributed by atoms with van der Waals surface area (Å²) in [5.41, 5.74) is -0.0694. The average molecular weight is 314 g/mol. The number of nitrogens with zero attached hydrogens (tertiary/aromatic N) is 3. The van der Waals surface area contributed by atoms with E-state index in [0.29, 0.717) is 43.9 Å². The van der Waals surface area contributed by atoms with Crippen LogP contribution in [-0.2, 0) is 9.47 Å². The second-order valence-electron chi connectivity index (χ2n) is 5.56. The van der Waals surface area contributed by atoms with Crippen molar-refractivity contribution in [2.24, 2.45) is 0 Å². The maximum atomic E-state index is 12.8. The summed E-state index contributed by atoms with van der Waals surface area (Å²) in [6.45, 7) is 5.26. The lowest BCUT2D eigenvalue weighted by atomic mass is 10.1. The molecule has 0 aliphatic carbocycles. The lowest BCUT2D eigenvalue weighted by molar-refractivity contribution is 0.0684. The first-order valence-corrected chi connectivity index (χ1v) is 7.75. The van der Waals surface area contributed by atoms with E-state index in [0.717, 1.165) is 12.8 Å². The smallest absolute Gasteiger partial charge is 0.293 e. The lowest BCUT2D eigenvalue weighted by Crippen LogP contribution is -2.47. The predicted octanol–water partition coefficient (Wildman–Crippen LogP) is 1.47. The van der Waals surface area contributed by atoms with Crippen molar-refractivity contribution in [3.63, 3.8) is 0 Å². The first-order chi connectivity index (χ1) is 10.2. The van der Waals surface area contributed by atoms with Gasteiger partial charge in [-0.15, -0.1) is 0 Å². The molecule has 21 heavy (non-hydrogen) atoms. The maximum Gasteiger partial charge on any atom is 0.293 e. The third kappa shape index (κ3) is 3.07. The van der Waals surface area contributed by atoms with Crippen LogP contribution in [0.5, 0.6) is 0 Å². The fourth-order valence-electron chi connectivity index (χ4n) is 2.93. The Morgan fingerprint density at radius 3 is 2.76 bits per heavy atom. The molecule has 1 aromatic heterocycles. The highest BCUT2D eigenvalue weighted by Gasteiger charge is 2.26. The van der Waals surface area contributed by atoms with Gasteiger partial charge in [0, 0.05) is 32.0 Å². The largest absolute Gasteiger partial charge is 0.381 e. The van der Waals surface area contributed by atoms with Crippen molar-refractivity contribution in [3.8, 4) is 0 Å². The van der Waals surface area contributed by atoms with Gasteiger partial charge in [0.1, 0.15) is 5.15 Å². The Balaban J connectivity index is 1.97. The summed E-state index contributed by atoms with van der Waals surface area (Å²) >= 11 is 6.15. The first kappa shape index (κ1) is 14.8. The highest BCUT2D eigenvalue weighted by molar-refractivity contribution is 6.29. The topological polar surface area (TPSA) is 56.6 Å². The highest BCUT2D eigenvalue weighted by Crippen LogP contribution is 2.22. The van der Waals surface area contributed by atoms with Crippen molar-refractivity contribution in [3.05, 3.63) is 21.7 Å². The molecule has 3 rings (SSSR count). The van der Waals surface area contributed by atoms with E-state index >= 15 is 0 Å². The van der Waals surface area contributed by atoms with Crippen LogP contribution in [0.4, 0.5) is 5.82 Å². The molecule has 1 atom stereocenters. The summed E-state index contributed by atoms with van der Waals surface area (Å²) in [5.74, 6) is 0.435. The molecule has 2 fully saturated rings. The number of morpholine rings is 1. The molecular weight excluding hydrogens is 294 g/mol. The first-order valence-electron chi connectivity index (χ1n) is 7.37. The van der Waals surface area contributed by atoms with Crippen molar-refractivity contribution in [1.29, 1.82) is 0 Å². The second kappa shape index (κ2) is 6.34. The van der Waals surface area contributed by atoms with Gasteiger partial charge in [0.05, 0.1) is 19.3 Å². The Kier molecular flexibility index (Phi) is 4.47. The van der Waals surface area contributed by atoms with Crippen LogP contribution in [-0.4, -0.2) is 48.6 Å². The Morgan fingerprint density at radius 2 is 2.05 bits per heavy atom. The number of hydrogen-bond acceptors (Lipinski definition) is 5. The molecule has 3 heterocycles. The van der Waals surface area contributed by atoms with E-state index in [2.05, 4.69) is 4.98 Å². The molecule has 0 N–H and O–H groups in total.